The van der Waals surface area contributed by atoms with Crippen LogP contribution >= 0.6 is 0 Å². The summed E-state index contributed by atoms with van der Waals surface area (Å²) in [5, 5.41) is 3.46. The molecule has 0 aromatic heterocycles. The quantitative estimate of drug-likeness (QED) is 0.789. The zero-order chi connectivity index (χ0) is 22.8. The van der Waals surface area contributed by atoms with E-state index in [-0.39, 0.29) is 11.8 Å². The average Bonchev–Trinajstić information content (AvgIpc) is 3.03. The van der Waals surface area contributed by atoms with E-state index in [4.69, 9.17) is 4.74 Å². The minimum Gasteiger partial charge on any atom is -0.491 e. The molecule has 0 unspecified atom stereocenters. The highest BCUT2D eigenvalue weighted by Crippen LogP contribution is 2.31. The van der Waals surface area contributed by atoms with Gasteiger partial charge in [0.1, 0.15) is 18.2 Å². The van der Waals surface area contributed by atoms with Crippen molar-refractivity contribution >= 4 is 11.8 Å². The monoisotopic (exact) mass is 444 g/mol. The van der Waals surface area contributed by atoms with Crippen LogP contribution in [0.15, 0.2) is 72.2 Å². The van der Waals surface area contributed by atoms with Crippen LogP contribution in [0.1, 0.15) is 17.3 Å². The Morgan fingerprint density at radius 1 is 0.939 bits per heavy atom. The second-order valence-corrected chi connectivity index (χ2v) is 8.44. The number of piperazine rings is 1. The van der Waals surface area contributed by atoms with Crippen molar-refractivity contribution in [1.82, 2.24) is 20.0 Å². The number of nitrogens with one attached hydrogen (secondary N) is 1. The smallest absolute Gasteiger partial charge is 0.261 e. The third kappa shape index (κ3) is 4.31. The van der Waals surface area contributed by atoms with Gasteiger partial charge in [0.05, 0.1) is 18.7 Å². The Bertz CT molecular complexity index is 1120. The standard InChI is InChI=1S/C26H28N4O3/c1-19(31)28-11-13-29(14-12-28)25-10-8-22(18-27-25)30-15-16-33-24-17-21(7-9-23(24)26(30)32)20-5-3-2-4-6-20/h2-10,17,27H,11-16,18H2,1H3. The van der Waals surface area contributed by atoms with E-state index < -0.39 is 0 Å². The summed E-state index contributed by atoms with van der Waals surface area (Å²) < 4.78 is 5.98. The van der Waals surface area contributed by atoms with Gasteiger partial charge in [-0.2, -0.15) is 0 Å². The van der Waals surface area contributed by atoms with Crippen molar-refractivity contribution < 1.29 is 14.3 Å². The Balaban J connectivity index is 1.32. The summed E-state index contributed by atoms with van der Waals surface area (Å²) >= 11 is 0. The zero-order valence-corrected chi connectivity index (χ0v) is 18.8. The van der Waals surface area contributed by atoms with E-state index in [0.717, 1.165) is 48.8 Å². The molecule has 0 atom stereocenters. The highest BCUT2D eigenvalue weighted by atomic mass is 16.5. The van der Waals surface area contributed by atoms with Crippen LogP contribution in [0, 0.1) is 0 Å². The van der Waals surface area contributed by atoms with Crippen molar-refractivity contribution in [1.29, 1.82) is 0 Å². The molecule has 0 aliphatic carbocycles. The molecule has 1 N–H and O–H groups in total. The second-order valence-electron chi connectivity index (χ2n) is 8.44. The SMILES string of the molecule is CC(=O)N1CCN(C2=CC=C(N3CCOc4cc(-c5ccccc5)ccc4C3=O)CN2)CC1. The van der Waals surface area contributed by atoms with E-state index in [1.54, 1.807) is 6.92 Å². The van der Waals surface area contributed by atoms with Crippen molar-refractivity contribution in [2.24, 2.45) is 0 Å². The van der Waals surface area contributed by atoms with Gasteiger partial charge in [0.15, 0.2) is 0 Å². The Kier molecular flexibility index (Phi) is 5.77. The van der Waals surface area contributed by atoms with E-state index in [1.165, 1.54) is 0 Å². The zero-order valence-electron chi connectivity index (χ0n) is 18.8. The third-order valence-electron chi connectivity index (χ3n) is 6.43. The van der Waals surface area contributed by atoms with Crippen LogP contribution in [0.4, 0.5) is 0 Å². The molecule has 7 heteroatoms. The number of rotatable bonds is 3. The molecule has 2 amide bonds. The predicted molar refractivity (Wildman–Crippen MR) is 126 cm³/mol. The number of carbonyl (C=O) groups excluding carboxylic acids is 2. The molecule has 1 saturated heterocycles. The van der Waals surface area contributed by atoms with E-state index in [0.29, 0.717) is 31.0 Å². The summed E-state index contributed by atoms with van der Waals surface area (Å²) in [5.74, 6) is 1.75. The topological polar surface area (TPSA) is 65.1 Å². The van der Waals surface area contributed by atoms with Gasteiger partial charge in [-0.05, 0) is 35.4 Å². The fraction of sp³-hybridized carbons (Fsp3) is 0.308. The Labute approximate surface area is 193 Å². The molecule has 2 aromatic carbocycles. The number of carbonyl (C=O) groups is 2. The number of allylic oxidation sites excluding steroid dienone is 2. The van der Waals surface area contributed by atoms with Crippen LogP contribution in [0.2, 0.25) is 0 Å². The fourth-order valence-corrected chi connectivity index (χ4v) is 4.54. The Morgan fingerprint density at radius 2 is 1.73 bits per heavy atom. The number of hydrogen-bond donors (Lipinski definition) is 1. The van der Waals surface area contributed by atoms with Crippen LogP contribution in [-0.4, -0.2) is 72.4 Å². The van der Waals surface area contributed by atoms with Crippen LogP contribution in [0.5, 0.6) is 5.75 Å². The van der Waals surface area contributed by atoms with Crippen molar-refractivity contribution in [3.8, 4) is 16.9 Å². The molecule has 170 valence electrons. The van der Waals surface area contributed by atoms with Gasteiger partial charge in [0.25, 0.3) is 5.91 Å². The number of dihydropyridines is 1. The average molecular weight is 445 g/mol. The largest absolute Gasteiger partial charge is 0.491 e. The number of benzene rings is 2. The summed E-state index contributed by atoms with van der Waals surface area (Å²) in [4.78, 5) is 30.9. The minimum atomic E-state index is -0.0397. The van der Waals surface area contributed by atoms with E-state index >= 15 is 0 Å². The van der Waals surface area contributed by atoms with Crippen molar-refractivity contribution in [2.45, 2.75) is 6.92 Å². The highest BCUT2D eigenvalue weighted by molar-refractivity contribution is 5.99. The highest BCUT2D eigenvalue weighted by Gasteiger charge is 2.28. The van der Waals surface area contributed by atoms with Crippen LogP contribution in [-0.2, 0) is 4.79 Å². The van der Waals surface area contributed by atoms with Crippen LogP contribution in [0.3, 0.4) is 0 Å². The van der Waals surface area contributed by atoms with Crippen LogP contribution < -0.4 is 10.1 Å². The van der Waals surface area contributed by atoms with Gasteiger partial charge in [-0.25, -0.2) is 0 Å². The van der Waals surface area contributed by atoms with Gasteiger partial charge >= 0.3 is 0 Å². The van der Waals surface area contributed by atoms with E-state index in [9.17, 15) is 9.59 Å². The molecule has 0 radical (unpaired) electrons. The number of ether oxygens (including phenoxy) is 1. The summed E-state index contributed by atoms with van der Waals surface area (Å²) in [6, 6.07) is 15.9. The lowest BCUT2D eigenvalue weighted by Gasteiger charge is -2.38. The second kappa shape index (κ2) is 9.02. The normalized spacial score (nSPS) is 18.5. The van der Waals surface area contributed by atoms with Gasteiger partial charge in [-0.3, -0.25) is 9.59 Å². The molecular weight excluding hydrogens is 416 g/mol. The number of nitrogens with zero attached hydrogens (tertiary/aromatic N) is 3. The molecule has 3 aliphatic heterocycles. The third-order valence-corrected chi connectivity index (χ3v) is 6.43. The summed E-state index contributed by atoms with van der Waals surface area (Å²) in [5.41, 5.74) is 3.64. The van der Waals surface area contributed by atoms with Gasteiger partial charge in [-0.15, -0.1) is 0 Å². The first-order chi connectivity index (χ1) is 16.1. The van der Waals surface area contributed by atoms with Crippen LogP contribution in [0.25, 0.3) is 11.1 Å². The van der Waals surface area contributed by atoms with E-state index in [1.807, 2.05) is 58.4 Å². The first-order valence-corrected chi connectivity index (χ1v) is 11.4. The number of fused-ring (bicyclic) bond motifs is 1. The fourth-order valence-electron chi connectivity index (χ4n) is 4.54. The Hall–Kier alpha value is -3.74. The lowest BCUT2D eigenvalue weighted by molar-refractivity contribution is -0.130. The lowest BCUT2D eigenvalue weighted by Crippen LogP contribution is -2.50. The van der Waals surface area contributed by atoms with Gasteiger partial charge < -0.3 is 24.8 Å². The van der Waals surface area contributed by atoms with Crippen molar-refractivity contribution in [2.75, 3.05) is 45.9 Å². The first-order valence-electron chi connectivity index (χ1n) is 11.4. The van der Waals surface area contributed by atoms with Crippen molar-refractivity contribution in [3.05, 3.63) is 77.8 Å². The summed E-state index contributed by atoms with van der Waals surface area (Å²) in [6.45, 7) is 6.20. The van der Waals surface area contributed by atoms with Gasteiger partial charge in [0.2, 0.25) is 5.91 Å². The number of hydrogen-bond acceptors (Lipinski definition) is 5. The molecule has 2 aromatic rings. The summed E-state index contributed by atoms with van der Waals surface area (Å²) in [6.07, 6.45) is 4.05. The number of amides is 2. The van der Waals surface area contributed by atoms with Crippen molar-refractivity contribution in [3.63, 3.8) is 0 Å². The molecule has 1 fully saturated rings. The predicted octanol–water partition coefficient (Wildman–Crippen LogP) is 2.68. The maximum Gasteiger partial charge on any atom is 0.261 e. The molecule has 5 rings (SSSR count). The van der Waals surface area contributed by atoms with Gasteiger partial charge in [0, 0.05) is 38.8 Å². The molecule has 33 heavy (non-hydrogen) atoms. The first kappa shape index (κ1) is 21.1. The molecule has 3 aliphatic rings. The molecular formula is C26H28N4O3. The Morgan fingerprint density at radius 3 is 2.42 bits per heavy atom. The molecule has 0 saturated carbocycles. The van der Waals surface area contributed by atoms with Gasteiger partial charge in [-0.1, -0.05) is 36.4 Å². The molecule has 7 nitrogen and oxygen atoms in total. The minimum absolute atomic E-state index is 0.0397. The molecule has 0 bridgehead atoms. The maximum atomic E-state index is 13.4. The maximum absolute atomic E-state index is 13.4. The van der Waals surface area contributed by atoms with E-state index in [2.05, 4.69) is 22.3 Å². The summed E-state index contributed by atoms with van der Waals surface area (Å²) in [7, 11) is 0. The molecule has 3 heterocycles. The molecule has 0 spiro atoms. The lowest BCUT2D eigenvalue weighted by atomic mass is 10.0.